The van der Waals surface area contributed by atoms with Crippen molar-refractivity contribution in [3.63, 3.8) is 0 Å². The number of carboxylic acids is 1. The van der Waals surface area contributed by atoms with Gasteiger partial charge in [-0.25, -0.2) is 13.5 Å². The third-order valence-corrected chi connectivity index (χ3v) is 10.2. The van der Waals surface area contributed by atoms with Crippen LogP contribution >= 0.6 is 11.6 Å². The van der Waals surface area contributed by atoms with Crippen LogP contribution in [0.15, 0.2) is 12.1 Å². The number of fused-ring (bicyclic) bond motifs is 1. The molecule has 3 atom stereocenters. The summed E-state index contributed by atoms with van der Waals surface area (Å²) in [5, 5.41) is 18.1. The Balaban J connectivity index is 1.38. The average molecular weight is 606 g/mol. The van der Waals surface area contributed by atoms with Gasteiger partial charge in [-0.15, -0.1) is 5.10 Å². The monoisotopic (exact) mass is 605 g/mol. The maximum Gasteiger partial charge on any atom is 0.310 e. The number of aryl methyl sites for hydroxylation is 1. The number of amides is 2. The van der Waals surface area contributed by atoms with E-state index in [1.54, 1.807) is 28.9 Å². The van der Waals surface area contributed by atoms with Crippen molar-refractivity contribution in [2.24, 2.45) is 23.8 Å². The molecule has 1 N–H and O–H groups in total. The Hall–Kier alpha value is -3.28. The fourth-order valence-electron chi connectivity index (χ4n) is 7.17. The summed E-state index contributed by atoms with van der Waals surface area (Å²) >= 11 is 6.67. The molecule has 3 fully saturated rings. The molecule has 13 heteroatoms. The number of aliphatic carboxylic acids is 1. The van der Waals surface area contributed by atoms with Crippen molar-refractivity contribution < 1.29 is 33.0 Å². The lowest BCUT2D eigenvalue weighted by molar-refractivity contribution is -0.157. The number of halogens is 3. The SMILES string of the molecule is Cn1nnc(COc2ccc(Cl)c3c2[C@@H](CN2CC4(CC4)CC2=O)N(C(=O)[C@@H]2CCC[C@]2(C)C(=O)O)CC3)c1C(F)F. The topological polar surface area (TPSA) is 118 Å². The molecule has 0 unspecified atom stereocenters. The van der Waals surface area contributed by atoms with Crippen LogP contribution in [0.1, 0.15) is 80.4 Å². The molecule has 226 valence electrons. The molecule has 0 radical (unpaired) electrons. The van der Waals surface area contributed by atoms with Gasteiger partial charge >= 0.3 is 5.97 Å². The summed E-state index contributed by atoms with van der Waals surface area (Å²) in [6.07, 6.45) is 1.56. The molecular formula is C29H34ClF2N5O5. The molecule has 2 aromatic rings. The van der Waals surface area contributed by atoms with Crippen molar-refractivity contribution in [1.29, 1.82) is 0 Å². The summed E-state index contributed by atoms with van der Waals surface area (Å²) in [5.74, 6) is -1.60. The molecule has 6 rings (SSSR count). The highest BCUT2D eigenvalue weighted by Gasteiger charge is 2.54. The summed E-state index contributed by atoms with van der Waals surface area (Å²) in [6.45, 7) is 2.46. The molecule has 4 aliphatic rings. The van der Waals surface area contributed by atoms with Crippen LogP contribution in [0, 0.1) is 16.7 Å². The van der Waals surface area contributed by atoms with E-state index in [0.717, 1.165) is 23.1 Å². The summed E-state index contributed by atoms with van der Waals surface area (Å²) in [6, 6.07) is 2.67. The van der Waals surface area contributed by atoms with Crippen LogP contribution in [0.3, 0.4) is 0 Å². The molecule has 1 saturated heterocycles. The standard InChI is InChI=1S/C29H34ClF2N5O5/c1-28(27(40)41)8-3-4-17(28)26(39)37-11-7-16-18(30)5-6-21(42-14-19-24(25(31)32)35(2)34-33-19)23(16)20(37)13-36-15-29(9-10-29)12-22(36)38/h5-6,17,20,25H,3-4,7-15H2,1-2H3,(H,40,41)/t17-,20+,28-/m0/s1. The van der Waals surface area contributed by atoms with Crippen LogP contribution < -0.4 is 4.74 Å². The third kappa shape index (κ3) is 4.81. The lowest BCUT2D eigenvalue weighted by Crippen LogP contribution is -2.50. The van der Waals surface area contributed by atoms with E-state index in [2.05, 4.69) is 10.3 Å². The molecule has 10 nitrogen and oxygen atoms in total. The molecule has 2 aliphatic carbocycles. The number of likely N-dealkylation sites (tertiary alicyclic amines) is 1. The maximum atomic E-state index is 14.2. The van der Waals surface area contributed by atoms with Crippen molar-refractivity contribution in [2.75, 3.05) is 19.6 Å². The zero-order chi connectivity index (χ0) is 30.0. The predicted octanol–water partition coefficient (Wildman–Crippen LogP) is 4.31. The van der Waals surface area contributed by atoms with Crippen LogP contribution in [0.4, 0.5) is 8.78 Å². The molecule has 1 spiro atoms. The zero-order valence-corrected chi connectivity index (χ0v) is 24.4. The number of carbonyl (C=O) groups is 3. The Morgan fingerprint density at radius 2 is 2.02 bits per heavy atom. The minimum absolute atomic E-state index is 0.00205. The van der Waals surface area contributed by atoms with Gasteiger partial charge in [-0.1, -0.05) is 23.2 Å². The Morgan fingerprint density at radius 3 is 2.69 bits per heavy atom. The molecule has 2 saturated carbocycles. The van der Waals surface area contributed by atoms with Crippen LogP contribution in [-0.4, -0.2) is 67.3 Å². The first-order chi connectivity index (χ1) is 19.9. The first kappa shape index (κ1) is 28.8. The van der Waals surface area contributed by atoms with E-state index < -0.39 is 29.8 Å². The number of nitrogens with zero attached hydrogens (tertiary/aromatic N) is 5. The largest absolute Gasteiger partial charge is 0.487 e. The summed E-state index contributed by atoms with van der Waals surface area (Å²) in [5.41, 5.74) is -0.166. The first-order valence-corrected chi connectivity index (χ1v) is 14.7. The summed E-state index contributed by atoms with van der Waals surface area (Å²) in [7, 11) is 1.38. The fraction of sp³-hybridized carbons (Fsp3) is 0.621. The maximum absolute atomic E-state index is 14.2. The van der Waals surface area contributed by atoms with E-state index in [9.17, 15) is 28.3 Å². The lowest BCUT2D eigenvalue weighted by atomic mass is 9.78. The molecule has 42 heavy (non-hydrogen) atoms. The number of alkyl halides is 2. The number of benzene rings is 1. The fourth-order valence-corrected chi connectivity index (χ4v) is 7.43. The Kier molecular flexibility index (Phi) is 7.18. The second kappa shape index (κ2) is 10.5. The Morgan fingerprint density at radius 1 is 1.26 bits per heavy atom. The number of rotatable bonds is 8. The molecule has 1 aromatic heterocycles. The lowest BCUT2D eigenvalue weighted by Gasteiger charge is -2.42. The van der Waals surface area contributed by atoms with E-state index in [4.69, 9.17) is 16.3 Å². The van der Waals surface area contributed by atoms with Gasteiger partial charge < -0.3 is 19.6 Å². The highest BCUT2D eigenvalue weighted by Crippen LogP contribution is 2.54. The highest BCUT2D eigenvalue weighted by atomic mass is 35.5. The number of carboxylic acid groups (broad SMARTS) is 1. The Labute approximate surface area is 246 Å². The number of hydrogen-bond acceptors (Lipinski definition) is 6. The van der Waals surface area contributed by atoms with Crippen LogP contribution in [0.25, 0.3) is 0 Å². The van der Waals surface area contributed by atoms with E-state index >= 15 is 0 Å². The van der Waals surface area contributed by atoms with Crippen molar-refractivity contribution in [2.45, 2.75) is 70.9 Å². The molecule has 1 aromatic carbocycles. The van der Waals surface area contributed by atoms with Crippen LogP contribution in [-0.2, 0) is 34.5 Å². The van der Waals surface area contributed by atoms with Crippen molar-refractivity contribution in [3.05, 3.63) is 39.7 Å². The molecule has 0 bridgehead atoms. The van der Waals surface area contributed by atoms with E-state index in [1.807, 2.05) is 0 Å². The first-order valence-electron chi connectivity index (χ1n) is 14.4. The minimum Gasteiger partial charge on any atom is -0.487 e. The average Bonchev–Trinajstić information content (AvgIpc) is 3.23. The van der Waals surface area contributed by atoms with Crippen molar-refractivity contribution in [1.82, 2.24) is 24.8 Å². The van der Waals surface area contributed by atoms with E-state index in [0.29, 0.717) is 61.5 Å². The summed E-state index contributed by atoms with van der Waals surface area (Å²) in [4.78, 5) is 43.1. The van der Waals surface area contributed by atoms with E-state index in [-0.39, 0.29) is 41.8 Å². The number of carbonyl (C=O) groups excluding carboxylic acids is 2. The zero-order valence-electron chi connectivity index (χ0n) is 23.6. The molecular weight excluding hydrogens is 572 g/mol. The van der Waals surface area contributed by atoms with Gasteiger partial charge in [0.25, 0.3) is 6.43 Å². The van der Waals surface area contributed by atoms with Crippen LogP contribution in [0.2, 0.25) is 5.02 Å². The Bertz CT molecular complexity index is 1450. The normalized spacial score (nSPS) is 26.3. The number of ether oxygens (including phenoxy) is 1. The van der Waals surface area contributed by atoms with E-state index in [1.165, 1.54) is 7.05 Å². The quantitative estimate of drug-likeness (QED) is 0.476. The number of hydrogen-bond donors (Lipinski definition) is 1. The van der Waals surface area contributed by atoms with Gasteiger partial charge in [0.15, 0.2) is 0 Å². The van der Waals surface area contributed by atoms with Gasteiger partial charge in [-0.2, -0.15) is 0 Å². The second-order valence-electron chi connectivity index (χ2n) is 12.5. The predicted molar refractivity (Wildman–Crippen MR) is 146 cm³/mol. The van der Waals surface area contributed by atoms with Gasteiger partial charge in [0, 0.05) is 43.7 Å². The van der Waals surface area contributed by atoms with Gasteiger partial charge in [0.05, 0.1) is 17.4 Å². The second-order valence-corrected chi connectivity index (χ2v) is 12.9. The smallest absolute Gasteiger partial charge is 0.310 e. The van der Waals surface area contributed by atoms with Crippen molar-refractivity contribution >= 4 is 29.4 Å². The van der Waals surface area contributed by atoms with Crippen molar-refractivity contribution in [3.8, 4) is 5.75 Å². The highest BCUT2D eigenvalue weighted by molar-refractivity contribution is 6.31. The molecule has 2 aliphatic heterocycles. The van der Waals surface area contributed by atoms with Gasteiger partial charge in [0.2, 0.25) is 11.8 Å². The van der Waals surface area contributed by atoms with Gasteiger partial charge in [-0.05, 0) is 62.1 Å². The summed E-state index contributed by atoms with van der Waals surface area (Å²) < 4.78 is 34.5. The van der Waals surface area contributed by atoms with Gasteiger partial charge in [-0.3, -0.25) is 14.4 Å². The molecule has 2 amide bonds. The number of aromatic nitrogens is 3. The molecule has 3 heterocycles. The van der Waals surface area contributed by atoms with Crippen LogP contribution in [0.5, 0.6) is 5.75 Å². The van der Waals surface area contributed by atoms with Gasteiger partial charge in [0.1, 0.15) is 23.7 Å². The minimum atomic E-state index is -2.80. The third-order valence-electron chi connectivity index (χ3n) is 9.87.